The van der Waals surface area contributed by atoms with Crippen LogP contribution < -0.4 is 0 Å². The van der Waals surface area contributed by atoms with Gasteiger partial charge >= 0.3 is 5.97 Å². The largest absolute Gasteiger partial charge is 0.466 e. The zero-order valence-corrected chi connectivity index (χ0v) is 12.4. The van der Waals surface area contributed by atoms with Gasteiger partial charge in [0.1, 0.15) is 0 Å². The molecule has 0 aliphatic carbocycles. The zero-order chi connectivity index (χ0) is 14.1. The van der Waals surface area contributed by atoms with Crippen LogP contribution >= 0.6 is 0 Å². The predicted octanol–water partition coefficient (Wildman–Crippen LogP) is 4.48. The molecule has 0 radical (unpaired) electrons. The van der Waals surface area contributed by atoms with E-state index in [-0.39, 0.29) is 11.4 Å². The van der Waals surface area contributed by atoms with Crippen molar-refractivity contribution >= 4 is 5.97 Å². The first-order valence-electron chi connectivity index (χ1n) is 7.27. The Morgan fingerprint density at radius 3 is 2.47 bits per heavy atom. The molecule has 0 fully saturated rings. The summed E-state index contributed by atoms with van der Waals surface area (Å²) in [6, 6.07) is 10.5. The number of benzene rings is 1. The average molecular weight is 262 g/mol. The SMILES string of the molecule is CCCCOC(=O)CCCC(C)(C)c1ccccc1. The van der Waals surface area contributed by atoms with Gasteiger partial charge in [-0.2, -0.15) is 0 Å². The lowest BCUT2D eigenvalue weighted by molar-refractivity contribution is -0.143. The van der Waals surface area contributed by atoms with E-state index in [0.717, 1.165) is 25.7 Å². The van der Waals surface area contributed by atoms with Crippen LogP contribution in [0.1, 0.15) is 58.4 Å². The second kappa shape index (κ2) is 7.98. The molecule has 0 atom stereocenters. The molecule has 1 aromatic rings. The van der Waals surface area contributed by atoms with Crippen molar-refractivity contribution in [1.29, 1.82) is 0 Å². The van der Waals surface area contributed by atoms with E-state index in [1.54, 1.807) is 0 Å². The van der Waals surface area contributed by atoms with Gasteiger partial charge in [0.2, 0.25) is 0 Å². The van der Waals surface area contributed by atoms with Gasteiger partial charge in [-0.25, -0.2) is 0 Å². The molecule has 0 saturated heterocycles. The summed E-state index contributed by atoms with van der Waals surface area (Å²) in [6.45, 7) is 7.11. The molecule has 0 saturated carbocycles. The lowest BCUT2D eigenvalue weighted by Crippen LogP contribution is -2.17. The van der Waals surface area contributed by atoms with Gasteiger partial charge in [-0.3, -0.25) is 4.79 Å². The Kier molecular flexibility index (Phi) is 6.61. The third-order valence-electron chi connectivity index (χ3n) is 3.50. The second-order valence-electron chi connectivity index (χ2n) is 5.68. The van der Waals surface area contributed by atoms with Crippen LogP contribution in [0.5, 0.6) is 0 Å². The summed E-state index contributed by atoms with van der Waals surface area (Å²) >= 11 is 0. The molecule has 0 aliphatic rings. The molecule has 2 heteroatoms. The molecule has 0 amide bonds. The zero-order valence-electron chi connectivity index (χ0n) is 12.4. The van der Waals surface area contributed by atoms with Crippen molar-refractivity contribution in [2.45, 2.75) is 58.3 Å². The monoisotopic (exact) mass is 262 g/mol. The van der Waals surface area contributed by atoms with E-state index in [1.165, 1.54) is 5.56 Å². The molecule has 0 aliphatic heterocycles. The summed E-state index contributed by atoms with van der Waals surface area (Å²) in [4.78, 5) is 11.5. The number of rotatable bonds is 8. The first kappa shape index (κ1) is 15.7. The molecule has 106 valence electrons. The number of hydrogen-bond donors (Lipinski definition) is 0. The van der Waals surface area contributed by atoms with Gasteiger partial charge in [-0.05, 0) is 30.2 Å². The fourth-order valence-electron chi connectivity index (χ4n) is 2.11. The third kappa shape index (κ3) is 5.91. The summed E-state index contributed by atoms with van der Waals surface area (Å²) in [5.74, 6) is -0.0580. The summed E-state index contributed by atoms with van der Waals surface area (Å²) in [5, 5.41) is 0. The van der Waals surface area contributed by atoms with Crippen molar-refractivity contribution in [2.24, 2.45) is 0 Å². The molecule has 0 heterocycles. The smallest absolute Gasteiger partial charge is 0.305 e. The number of esters is 1. The van der Waals surface area contributed by atoms with E-state index in [4.69, 9.17) is 4.74 Å². The topological polar surface area (TPSA) is 26.3 Å². The fraction of sp³-hybridized carbons (Fsp3) is 0.588. The minimum atomic E-state index is -0.0580. The molecule has 0 unspecified atom stereocenters. The minimum absolute atomic E-state index is 0.0580. The van der Waals surface area contributed by atoms with Crippen LogP contribution in [-0.2, 0) is 14.9 Å². The van der Waals surface area contributed by atoms with Gasteiger partial charge in [-0.15, -0.1) is 0 Å². The first-order chi connectivity index (χ1) is 9.06. The molecule has 0 spiro atoms. The van der Waals surface area contributed by atoms with Crippen LogP contribution in [0.25, 0.3) is 0 Å². The number of carbonyl (C=O) groups excluding carboxylic acids is 1. The fourth-order valence-corrected chi connectivity index (χ4v) is 2.11. The number of carbonyl (C=O) groups is 1. The molecule has 19 heavy (non-hydrogen) atoms. The molecule has 0 aromatic heterocycles. The summed E-state index contributed by atoms with van der Waals surface area (Å²) < 4.78 is 5.16. The molecule has 1 rings (SSSR count). The second-order valence-corrected chi connectivity index (χ2v) is 5.68. The van der Waals surface area contributed by atoms with E-state index in [0.29, 0.717) is 13.0 Å². The van der Waals surface area contributed by atoms with Crippen LogP contribution in [0.3, 0.4) is 0 Å². The maximum absolute atomic E-state index is 11.5. The molecular formula is C17H26O2. The van der Waals surface area contributed by atoms with Crippen molar-refractivity contribution in [2.75, 3.05) is 6.61 Å². The Hall–Kier alpha value is -1.31. The Morgan fingerprint density at radius 2 is 1.84 bits per heavy atom. The van der Waals surface area contributed by atoms with Gasteiger partial charge in [0.25, 0.3) is 0 Å². The highest BCUT2D eigenvalue weighted by atomic mass is 16.5. The van der Waals surface area contributed by atoms with E-state index in [1.807, 2.05) is 6.07 Å². The average Bonchev–Trinajstić information content (AvgIpc) is 2.40. The number of ether oxygens (including phenoxy) is 1. The third-order valence-corrected chi connectivity index (χ3v) is 3.50. The Balaban J connectivity index is 2.30. The molecular weight excluding hydrogens is 236 g/mol. The first-order valence-corrected chi connectivity index (χ1v) is 7.27. The van der Waals surface area contributed by atoms with Crippen molar-refractivity contribution in [3.05, 3.63) is 35.9 Å². The van der Waals surface area contributed by atoms with Crippen LogP contribution in [0.15, 0.2) is 30.3 Å². The maximum atomic E-state index is 11.5. The minimum Gasteiger partial charge on any atom is -0.466 e. The van der Waals surface area contributed by atoms with E-state index < -0.39 is 0 Å². The number of unbranched alkanes of at least 4 members (excludes halogenated alkanes) is 1. The molecule has 1 aromatic carbocycles. The number of hydrogen-bond acceptors (Lipinski definition) is 2. The van der Waals surface area contributed by atoms with Crippen molar-refractivity contribution in [3.8, 4) is 0 Å². The van der Waals surface area contributed by atoms with Gasteiger partial charge in [0, 0.05) is 6.42 Å². The van der Waals surface area contributed by atoms with Gasteiger partial charge in [-0.1, -0.05) is 57.5 Å². The van der Waals surface area contributed by atoms with Crippen molar-refractivity contribution < 1.29 is 9.53 Å². The quantitative estimate of drug-likeness (QED) is 0.510. The summed E-state index contributed by atoms with van der Waals surface area (Å²) in [5.41, 5.74) is 1.44. The summed E-state index contributed by atoms with van der Waals surface area (Å²) in [7, 11) is 0. The van der Waals surface area contributed by atoms with E-state index in [2.05, 4.69) is 45.0 Å². The Morgan fingerprint density at radius 1 is 1.16 bits per heavy atom. The predicted molar refractivity (Wildman–Crippen MR) is 79.2 cm³/mol. The van der Waals surface area contributed by atoms with Crippen LogP contribution in [0, 0.1) is 0 Å². The van der Waals surface area contributed by atoms with E-state index in [9.17, 15) is 4.79 Å². The van der Waals surface area contributed by atoms with Gasteiger partial charge in [0.05, 0.1) is 6.61 Å². The molecule has 0 bridgehead atoms. The lowest BCUT2D eigenvalue weighted by Gasteiger charge is -2.25. The maximum Gasteiger partial charge on any atom is 0.305 e. The summed E-state index contributed by atoms with van der Waals surface area (Å²) in [6.07, 6.45) is 4.43. The van der Waals surface area contributed by atoms with Crippen molar-refractivity contribution in [1.82, 2.24) is 0 Å². The van der Waals surface area contributed by atoms with Crippen LogP contribution in [0.4, 0.5) is 0 Å². The van der Waals surface area contributed by atoms with Gasteiger partial charge in [0.15, 0.2) is 0 Å². The lowest BCUT2D eigenvalue weighted by atomic mass is 9.80. The van der Waals surface area contributed by atoms with E-state index >= 15 is 0 Å². The highest BCUT2D eigenvalue weighted by Crippen LogP contribution is 2.28. The van der Waals surface area contributed by atoms with Crippen LogP contribution in [-0.4, -0.2) is 12.6 Å². The Bertz CT molecular complexity index is 368. The normalized spacial score (nSPS) is 11.3. The molecule has 0 N–H and O–H groups in total. The van der Waals surface area contributed by atoms with Gasteiger partial charge < -0.3 is 4.74 Å². The Labute approximate surface area is 117 Å². The standard InChI is InChI=1S/C17H26O2/c1-4-5-14-19-16(18)12-9-13-17(2,3)15-10-7-6-8-11-15/h6-8,10-11H,4-5,9,12-14H2,1-3H3. The van der Waals surface area contributed by atoms with Crippen LogP contribution in [0.2, 0.25) is 0 Å². The molecule has 2 nitrogen and oxygen atoms in total. The highest BCUT2D eigenvalue weighted by Gasteiger charge is 2.20. The van der Waals surface area contributed by atoms with Crippen molar-refractivity contribution in [3.63, 3.8) is 0 Å². The highest BCUT2D eigenvalue weighted by molar-refractivity contribution is 5.69.